The largest absolute Gasteiger partial charge is 0.342 e. The summed E-state index contributed by atoms with van der Waals surface area (Å²) in [5, 5.41) is 0. The second-order valence-electron chi connectivity index (χ2n) is 3.15. The van der Waals surface area contributed by atoms with Gasteiger partial charge in [-0.05, 0) is 13.0 Å². The number of allylic oxidation sites excluding steroid dienone is 3. The molecule has 0 radical (unpaired) electrons. The summed E-state index contributed by atoms with van der Waals surface area (Å²) in [6.45, 7) is 4.14. The van der Waals surface area contributed by atoms with E-state index in [2.05, 4.69) is 35.1 Å². The van der Waals surface area contributed by atoms with Crippen molar-refractivity contribution in [3.63, 3.8) is 0 Å². The molecule has 1 aromatic rings. The molecule has 0 aliphatic heterocycles. The number of nitrogens with one attached hydrogen (secondary N) is 1. The third-order valence-electron chi connectivity index (χ3n) is 2.08. The van der Waals surface area contributed by atoms with Crippen LogP contribution in [0.3, 0.4) is 0 Å². The summed E-state index contributed by atoms with van der Waals surface area (Å²) in [5.74, 6) is 1.41. The molecule has 2 rings (SSSR count). The SMILES string of the molecule is Cc1nc2c([nH]1)C=CC=CC2C. The van der Waals surface area contributed by atoms with Crippen LogP contribution in [0.5, 0.6) is 0 Å². The molecular formula is C10H12N2. The molecule has 0 bridgehead atoms. The van der Waals surface area contributed by atoms with Crippen molar-refractivity contribution in [2.45, 2.75) is 19.8 Å². The van der Waals surface area contributed by atoms with Gasteiger partial charge in [0.1, 0.15) is 5.82 Å². The van der Waals surface area contributed by atoms with Gasteiger partial charge >= 0.3 is 0 Å². The van der Waals surface area contributed by atoms with Crippen LogP contribution in [0.1, 0.15) is 30.1 Å². The molecule has 2 heteroatoms. The highest BCUT2D eigenvalue weighted by molar-refractivity contribution is 5.53. The third kappa shape index (κ3) is 1.09. The maximum atomic E-state index is 4.43. The van der Waals surface area contributed by atoms with E-state index in [4.69, 9.17) is 0 Å². The first-order valence-corrected chi connectivity index (χ1v) is 4.19. The number of imidazole rings is 1. The number of hydrogen-bond acceptors (Lipinski definition) is 1. The first-order chi connectivity index (χ1) is 5.77. The fraction of sp³-hybridized carbons (Fsp3) is 0.300. The van der Waals surface area contributed by atoms with E-state index in [0.717, 1.165) is 17.2 Å². The molecule has 0 fully saturated rings. The molecule has 1 aliphatic rings. The fourth-order valence-corrected chi connectivity index (χ4v) is 1.48. The first kappa shape index (κ1) is 7.35. The molecule has 0 saturated carbocycles. The quantitative estimate of drug-likeness (QED) is 0.620. The Morgan fingerprint density at radius 2 is 2.25 bits per heavy atom. The van der Waals surface area contributed by atoms with Gasteiger partial charge in [-0.25, -0.2) is 4.98 Å². The Hall–Kier alpha value is -1.31. The summed E-state index contributed by atoms with van der Waals surface area (Å²) in [5.41, 5.74) is 2.29. The smallest absolute Gasteiger partial charge is 0.103 e. The Labute approximate surface area is 72.0 Å². The van der Waals surface area contributed by atoms with Crippen LogP contribution < -0.4 is 0 Å². The monoisotopic (exact) mass is 160 g/mol. The lowest BCUT2D eigenvalue weighted by Crippen LogP contribution is -1.90. The van der Waals surface area contributed by atoms with E-state index in [9.17, 15) is 0 Å². The number of aromatic amines is 1. The molecule has 1 N–H and O–H groups in total. The van der Waals surface area contributed by atoms with Gasteiger partial charge in [0.15, 0.2) is 0 Å². The number of nitrogens with zero attached hydrogens (tertiary/aromatic N) is 1. The highest BCUT2D eigenvalue weighted by Gasteiger charge is 2.11. The highest BCUT2D eigenvalue weighted by atomic mass is 14.9. The third-order valence-corrected chi connectivity index (χ3v) is 2.08. The zero-order valence-corrected chi connectivity index (χ0v) is 7.33. The molecule has 0 spiro atoms. The summed E-state index contributed by atoms with van der Waals surface area (Å²) >= 11 is 0. The van der Waals surface area contributed by atoms with Gasteiger partial charge in [-0.2, -0.15) is 0 Å². The van der Waals surface area contributed by atoms with Gasteiger partial charge in [-0.15, -0.1) is 0 Å². The topological polar surface area (TPSA) is 28.7 Å². The van der Waals surface area contributed by atoms with E-state index >= 15 is 0 Å². The average molecular weight is 160 g/mol. The van der Waals surface area contributed by atoms with Crippen molar-refractivity contribution < 1.29 is 0 Å². The van der Waals surface area contributed by atoms with Crippen LogP contribution in [-0.4, -0.2) is 9.97 Å². The van der Waals surface area contributed by atoms with Gasteiger partial charge in [0.05, 0.1) is 11.4 Å². The number of aromatic nitrogens is 2. The molecular weight excluding hydrogens is 148 g/mol. The molecule has 0 aromatic carbocycles. The molecule has 1 aliphatic carbocycles. The van der Waals surface area contributed by atoms with Gasteiger partial charge in [0.2, 0.25) is 0 Å². The van der Waals surface area contributed by atoms with Crippen molar-refractivity contribution in [1.29, 1.82) is 0 Å². The number of rotatable bonds is 0. The minimum Gasteiger partial charge on any atom is -0.342 e. The molecule has 12 heavy (non-hydrogen) atoms. The normalized spacial score (nSPS) is 20.7. The molecule has 2 nitrogen and oxygen atoms in total. The van der Waals surface area contributed by atoms with Crippen molar-refractivity contribution in [2.75, 3.05) is 0 Å². The Balaban J connectivity index is 2.55. The Morgan fingerprint density at radius 1 is 1.42 bits per heavy atom. The molecule has 1 unspecified atom stereocenters. The lowest BCUT2D eigenvalue weighted by Gasteiger charge is -2.00. The van der Waals surface area contributed by atoms with Crippen LogP contribution in [0.15, 0.2) is 18.2 Å². The van der Waals surface area contributed by atoms with Crippen molar-refractivity contribution >= 4 is 6.08 Å². The molecule has 0 saturated heterocycles. The van der Waals surface area contributed by atoms with Crippen molar-refractivity contribution in [3.8, 4) is 0 Å². The van der Waals surface area contributed by atoms with Crippen LogP contribution in [0.4, 0.5) is 0 Å². The first-order valence-electron chi connectivity index (χ1n) is 4.19. The Morgan fingerprint density at radius 3 is 3.08 bits per heavy atom. The van der Waals surface area contributed by atoms with Gasteiger partial charge in [0, 0.05) is 5.92 Å². The molecule has 1 aromatic heterocycles. The zero-order chi connectivity index (χ0) is 8.55. The average Bonchev–Trinajstić information content (AvgIpc) is 2.33. The van der Waals surface area contributed by atoms with Crippen molar-refractivity contribution in [3.05, 3.63) is 35.4 Å². The van der Waals surface area contributed by atoms with E-state index in [0.29, 0.717) is 5.92 Å². The lowest BCUT2D eigenvalue weighted by molar-refractivity contribution is 0.913. The predicted molar refractivity (Wildman–Crippen MR) is 49.9 cm³/mol. The number of aryl methyl sites for hydroxylation is 1. The van der Waals surface area contributed by atoms with Crippen molar-refractivity contribution in [1.82, 2.24) is 9.97 Å². The van der Waals surface area contributed by atoms with Crippen LogP contribution in [-0.2, 0) is 0 Å². The predicted octanol–water partition coefficient (Wildman–Crippen LogP) is 2.40. The maximum Gasteiger partial charge on any atom is 0.103 e. The maximum absolute atomic E-state index is 4.43. The van der Waals surface area contributed by atoms with E-state index in [1.54, 1.807) is 0 Å². The Bertz CT molecular complexity index is 345. The van der Waals surface area contributed by atoms with Gasteiger partial charge in [-0.1, -0.05) is 25.2 Å². The molecule has 62 valence electrons. The number of H-pyrrole nitrogens is 1. The summed E-state index contributed by atoms with van der Waals surface area (Å²) in [6, 6.07) is 0. The second-order valence-corrected chi connectivity index (χ2v) is 3.15. The summed E-state index contributed by atoms with van der Waals surface area (Å²) in [7, 11) is 0. The van der Waals surface area contributed by atoms with E-state index < -0.39 is 0 Å². The number of hydrogen-bond donors (Lipinski definition) is 1. The lowest BCUT2D eigenvalue weighted by atomic mass is 10.1. The summed E-state index contributed by atoms with van der Waals surface area (Å²) in [6.07, 6.45) is 8.33. The molecule has 1 heterocycles. The highest BCUT2D eigenvalue weighted by Crippen LogP contribution is 2.22. The fourth-order valence-electron chi connectivity index (χ4n) is 1.48. The van der Waals surface area contributed by atoms with Crippen LogP contribution >= 0.6 is 0 Å². The van der Waals surface area contributed by atoms with E-state index in [1.807, 2.05) is 13.0 Å². The zero-order valence-electron chi connectivity index (χ0n) is 7.33. The van der Waals surface area contributed by atoms with Crippen LogP contribution in [0.2, 0.25) is 0 Å². The molecule has 0 amide bonds. The van der Waals surface area contributed by atoms with Crippen molar-refractivity contribution in [2.24, 2.45) is 0 Å². The minimum absolute atomic E-state index is 0.417. The minimum atomic E-state index is 0.417. The summed E-state index contributed by atoms with van der Waals surface area (Å²) < 4.78 is 0. The van der Waals surface area contributed by atoms with E-state index in [-0.39, 0.29) is 0 Å². The van der Waals surface area contributed by atoms with Gasteiger partial charge < -0.3 is 4.98 Å². The second kappa shape index (κ2) is 2.63. The summed E-state index contributed by atoms with van der Waals surface area (Å²) in [4.78, 5) is 7.66. The number of fused-ring (bicyclic) bond motifs is 1. The van der Waals surface area contributed by atoms with Gasteiger partial charge in [-0.3, -0.25) is 0 Å². The Kier molecular flexibility index (Phi) is 1.61. The molecule has 1 atom stereocenters. The standard InChI is InChI=1S/C10H12N2/c1-7-5-3-4-6-9-10(7)12-8(2)11-9/h3-7H,1-2H3,(H,11,12). The van der Waals surface area contributed by atoms with E-state index in [1.165, 1.54) is 0 Å². The van der Waals surface area contributed by atoms with Crippen LogP contribution in [0.25, 0.3) is 6.08 Å². The van der Waals surface area contributed by atoms with Gasteiger partial charge in [0.25, 0.3) is 0 Å². The van der Waals surface area contributed by atoms with Crippen LogP contribution in [0, 0.1) is 6.92 Å².